The van der Waals surface area contributed by atoms with Crippen LogP contribution in [0.15, 0.2) is 11.9 Å². The van der Waals surface area contributed by atoms with E-state index in [1.807, 2.05) is 0 Å². The van der Waals surface area contributed by atoms with Gasteiger partial charge in [0.05, 0.1) is 31.8 Å². The SMILES string of the molecule is [B][C@@H]1O[C@@]2(/C=C/P(=O)(OC)OC)CO[C@@H]1C[C@@H]2OP(OCCC#N)N(C(C)C)C(C)C. The molecule has 2 bridgehead atoms. The average molecular weight is 474 g/mol. The molecule has 0 aromatic carbocycles. The molecule has 5 atom stereocenters. The molecule has 3 saturated heterocycles. The van der Waals surface area contributed by atoms with E-state index in [1.165, 1.54) is 20.0 Å². The number of hydrogen-bond donors (Lipinski definition) is 0. The number of ether oxygens (including phenoxy) is 2. The van der Waals surface area contributed by atoms with E-state index in [-0.39, 0.29) is 37.8 Å². The Morgan fingerprint density at radius 3 is 2.48 bits per heavy atom. The second-order valence-corrected chi connectivity index (χ2v) is 11.5. The molecule has 3 aliphatic heterocycles. The lowest BCUT2D eigenvalue weighted by Gasteiger charge is -2.53. The van der Waals surface area contributed by atoms with Gasteiger partial charge in [0.2, 0.25) is 0 Å². The van der Waals surface area contributed by atoms with Crippen LogP contribution in [0, 0.1) is 11.3 Å². The molecule has 0 saturated carbocycles. The van der Waals surface area contributed by atoms with E-state index in [4.69, 9.17) is 40.7 Å². The summed E-state index contributed by atoms with van der Waals surface area (Å²) >= 11 is 0. The molecule has 0 N–H and O–H groups in total. The Kier molecular flexibility index (Phi) is 10.2. The van der Waals surface area contributed by atoms with Gasteiger partial charge in [-0.2, -0.15) is 5.26 Å². The van der Waals surface area contributed by atoms with Gasteiger partial charge in [0.25, 0.3) is 8.53 Å². The summed E-state index contributed by atoms with van der Waals surface area (Å²) in [7, 11) is 3.82. The van der Waals surface area contributed by atoms with Crippen molar-refractivity contribution >= 4 is 24.0 Å². The van der Waals surface area contributed by atoms with E-state index < -0.39 is 33.8 Å². The van der Waals surface area contributed by atoms with Crippen LogP contribution in [-0.4, -0.2) is 75.8 Å². The molecule has 0 spiro atoms. The topological polar surface area (TPSA) is 99.5 Å². The highest BCUT2D eigenvalue weighted by molar-refractivity contribution is 7.57. The van der Waals surface area contributed by atoms with Gasteiger partial charge in [0.1, 0.15) is 19.6 Å². The fourth-order valence-electron chi connectivity index (χ4n) is 3.62. The van der Waals surface area contributed by atoms with E-state index in [1.54, 1.807) is 6.08 Å². The first kappa shape index (κ1) is 26.9. The Morgan fingerprint density at radius 2 is 1.97 bits per heavy atom. The minimum Gasteiger partial charge on any atom is -0.373 e. The summed E-state index contributed by atoms with van der Waals surface area (Å²) < 4.78 is 49.2. The van der Waals surface area contributed by atoms with Crippen molar-refractivity contribution in [2.45, 2.75) is 76.4 Å². The number of hydrogen-bond acceptors (Lipinski definition) is 9. The standard InChI is InChI=1S/C19H33BN2O7P2/c1-14(2)22(15(3)4)30(27-10-7-9-21)29-17-12-16-18(20)28-19(17,13-26-16)8-11-31(23,24-5)25-6/h8,11,14-18H,7,10,12-13H2,1-6H3/b11-8+/t16-,17+,18-,19+,30?/m1/s1. The maximum absolute atomic E-state index is 12.6. The van der Waals surface area contributed by atoms with E-state index >= 15 is 0 Å². The van der Waals surface area contributed by atoms with Gasteiger partial charge in [-0.15, -0.1) is 0 Å². The van der Waals surface area contributed by atoms with Crippen LogP contribution in [-0.2, 0) is 32.1 Å². The highest BCUT2D eigenvalue weighted by atomic mass is 31.2. The Bertz CT molecular complexity index is 689. The van der Waals surface area contributed by atoms with Gasteiger partial charge in [0.15, 0.2) is 0 Å². The zero-order valence-electron chi connectivity index (χ0n) is 19.1. The maximum atomic E-state index is 12.6. The third kappa shape index (κ3) is 6.60. The van der Waals surface area contributed by atoms with Gasteiger partial charge in [-0.25, -0.2) is 4.67 Å². The zero-order valence-corrected chi connectivity index (χ0v) is 20.9. The van der Waals surface area contributed by atoms with E-state index in [0.29, 0.717) is 6.42 Å². The van der Waals surface area contributed by atoms with Crippen LogP contribution in [0.1, 0.15) is 40.5 Å². The highest BCUT2D eigenvalue weighted by Gasteiger charge is 2.54. The molecular weight excluding hydrogens is 441 g/mol. The molecule has 3 rings (SSSR count). The Labute approximate surface area is 188 Å². The van der Waals surface area contributed by atoms with Crippen LogP contribution in [0.3, 0.4) is 0 Å². The average Bonchev–Trinajstić information content (AvgIpc) is 2.72. The number of rotatable bonds is 12. The Balaban J connectivity index is 2.33. The molecule has 31 heavy (non-hydrogen) atoms. The van der Waals surface area contributed by atoms with E-state index in [0.717, 1.165) is 0 Å². The van der Waals surface area contributed by atoms with Crippen LogP contribution < -0.4 is 0 Å². The van der Waals surface area contributed by atoms with Crippen molar-refractivity contribution < 1.29 is 32.1 Å². The largest absolute Gasteiger partial charge is 0.373 e. The van der Waals surface area contributed by atoms with Crippen molar-refractivity contribution in [2.24, 2.45) is 0 Å². The summed E-state index contributed by atoms with van der Waals surface area (Å²) in [6.45, 7) is 8.72. The molecule has 12 heteroatoms. The van der Waals surface area contributed by atoms with Gasteiger partial charge >= 0.3 is 7.60 Å². The maximum Gasteiger partial charge on any atom is 0.353 e. The summed E-state index contributed by atoms with van der Waals surface area (Å²) in [5, 5.41) is 8.92. The molecule has 174 valence electrons. The van der Waals surface area contributed by atoms with Crippen molar-refractivity contribution in [1.29, 1.82) is 5.26 Å². The molecule has 3 heterocycles. The third-order valence-electron chi connectivity index (χ3n) is 5.16. The quantitative estimate of drug-likeness (QED) is 0.238. The van der Waals surface area contributed by atoms with Crippen LogP contribution >= 0.6 is 16.1 Å². The van der Waals surface area contributed by atoms with E-state index in [9.17, 15) is 4.57 Å². The first-order valence-corrected chi connectivity index (χ1v) is 13.1. The van der Waals surface area contributed by atoms with Crippen molar-refractivity contribution in [3.63, 3.8) is 0 Å². The molecule has 0 aliphatic carbocycles. The Morgan fingerprint density at radius 1 is 1.32 bits per heavy atom. The molecule has 1 unspecified atom stereocenters. The fraction of sp³-hybridized carbons (Fsp3) is 0.842. The molecule has 0 amide bonds. The minimum absolute atomic E-state index is 0.155. The van der Waals surface area contributed by atoms with Crippen LogP contribution in [0.4, 0.5) is 0 Å². The van der Waals surface area contributed by atoms with Gasteiger partial charge < -0.3 is 27.6 Å². The summed E-state index contributed by atoms with van der Waals surface area (Å²) in [4.78, 5) is 0. The second-order valence-electron chi connectivity index (χ2n) is 7.98. The second kappa shape index (κ2) is 11.7. The van der Waals surface area contributed by atoms with Crippen LogP contribution in [0.25, 0.3) is 0 Å². The monoisotopic (exact) mass is 474 g/mol. The predicted octanol–water partition coefficient (Wildman–Crippen LogP) is 3.70. The summed E-state index contributed by atoms with van der Waals surface area (Å²) in [5.41, 5.74) is -1.07. The van der Waals surface area contributed by atoms with Gasteiger partial charge in [-0.05, 0) is 33.8 Å². The number of nitrogens with zero attached hydrogens (tertiary/aromatic N) is 2. The first-order chi connectivity index (χ1) is 14.6. The van der Waals surface area contributed by atoms with Crippen molar-refractivity contribution in [3.8, 4) is 6.07 Å². The summed E-state index contributed by atoms with van der Waals surface area (Å²) in [5.74, 6) is 1.35. The first-order valence-electron chi connectivity index (χ1n) is 10.3. The molecule has 3 fully saturated rings. The van der Waals surface area contributed by atoms with Gasteiger partial charge in [-0.3, -0.25) is 4.57 Å². The van der Waals surface area contributed by atoms with Gasteiger partial charge in [0, 0.05) is 44.5 Å². The Hall–Kier alpha value is -0.325. The molecule has 3 aliphatic rings. The van der Waals surface area contributed by atoms with Crippen molar-refractivity contribution in [1.82, 2.24) is 4.67 Å². The predicted molar refractivity (Wildman–Crippen MR) is 119 cm³/mol. The lowest BCUT2D eigenvalue weighted by Crippen LogP contribution is -2.64. The molecule has 9 nitrogen and oxygen atoms in total. The molecular formula is C19H33BN2O7P2. The smallest absolute Gasteiger partial charge is 0.353 e. The van der Waals surface area contributed by atoms with Crippen molar-refractivity contribution in [3.05, 3.63) is 11.9 Å². The van der Waals surface area contributed by atoms with Gasteiger partial charge in [-0.1, -0.05) is 0 Å². The summed E-state index contributed by atoms with van der Waals surface area (Å²) in [6, 6.07) is 1.76. The normalized spacial score (nSPS) is 29.9. The molecule has 0 aromatic rings. The van der Waals surface area contributed by atoms with Crippen molar-refractivity contribution in [2.75, 3.05) is 27.4 Å². The number of nitriles is 1. The lowest BCUT2D eigenvalue weighted by atomic mass is 9.78. The molecule has 2 radical (unpaired) electrons. The lowest BCUT2D eigenvalue weighted by molar-refractivity contribution is -0.263. The van der Waals surface area contributed by atoms with Crippen LogP contribution in [0.5, 0.6) is 0 Å². The van der Waals surface area contributed by atoms with Crippen LogP contribution in [0.2, 0.25) is 0 Å². The third-order valence-corrected chi connectivity index (χ3v) is 8.84. The molecule has 0 aromatic heterocycles. The minimum atomic E-state index is -3.42. The summed E-state index contributed by atoms with van der Waals surface area (Å²) in [6.07, 6.45) is 1.58. The number of fused-ring (bicyclic) bond motifs is 3. The fourth-order valence-corrected chi connectivity index (χ4v) is 6.24. The van der Waals surface area contributed by atoms with E-state index in [2.05, 4.69) is 38.4 Å². The highest BCUT2D eigenvalue weighted by Crippen LogP contribution is 2.54. The zero-order chi connectivity index (χ0) is 23.2.